The third-order valence-corrected chi connectivity index (χ3v) is 7.12. The van der Waals surface area contributed by atoms with Crippen molar-refractivity contribution in [3.05, 3.63) is 47.7 Å². The van der Waals surface area contributed by atoms with Crippen molar-refractivity contribution in [1.29, 1.82) is 0 Å². The van der Waals surface area contributed by atoms with Crippen molar-refractivity contribution in [2.45, 2.75) is 58.9 Å². The summed E-state index contributed by atoms with van der Waals surface area (Å²) in [6, 6.07) is 8.57. The summed E-state index contributed by atoms with van der Waals surface area (Å²) in [5.74, 6) is -2.19. The van der Waals surface area contributed by atoms with Gasteiger partial charge in [-0.15, -0.1) is 0 Å². The van der Waals surface area contributed by atoms with E-state index in [9.17, 15) is 29.0 Å². The van der Waals surface area contributed by atoms with Gasteiger partial charge < -0.3 is 30.5 Å². The fourth-order valence-corrected chi connectivity index (χ4v) is 4.77. The largest absolute Gasteiger partial charge is 0.493 e. The molecule has 2 rings (SSSR count). The maximum Gasteiger partial charge on any atom is 0.344 e. The van der Waals surface area contributed by atoms with E-state index in [-0.39, 0.29) is 36.7 Å². The molecule has 236 valence electrons. The number of ether oxygens (including phenoxy) is 1. The van der Waals surface area contributed by atoms with E-state index in [1.165, 1.54) is 18.2 Å². The van der Waals surface area contributed by atoms with E-state index in [2.05, 4.69) is 20.9 Å². The number of pyridine rings is 1. The van der Waals surface area contributed by atoms with Gasteiger partial charge in [0.2, 0.25) is 12.3 Å². The maximum atomic E-state index is 13.0. The predicted molar refractivity (Wildman–Crippen MR) is 157 cm³/mol. The lowest BCUT2D eigenvalue weighted by Crippen LogP contribution is -2.47. The van der Waals surface area contributed by atoms with Gasteiger partial charge in [0, 0.05) is 5.56 Å². The zero-order valence-corrected chi connectivity index (χ0v) is 25.4. The van der Waals surface area contributed by atoms with Gasteiger partial charge in [-0.05, 0) is 44.0 Å². The van der Waals surface area contributed by atoms with Crippen molar-refractivity contribution < 1.29 is 43.5 Å². The van der Waals surface area contributed by atoms with E-state index in [1.54, 1.807) is 32.0 Å². The van der Waals surface area contributed by atoms with E-state index >= 15 is 0 Å². The molecular formula is C28H40N5O9P. The van der Waals surface area contributed by atoms with Crippen LogP contribution in [0.4, 0.5) is 0 Å². The molecule has 0 saturated heterocycles. The molecule has 0 aliphatic rings. The van der Waals surface area contributed by atoms with Crippen LogP contribution in [0.1, 0.15) is 73.7 Å². The van der Waals surface area contributed by atoms with Gasteiger partial charge in [-0.1, -0.05) is 45.2 Å². The molecule has 0 saturated carbocycles. The smallest absolute Gasteiger partial charge is 0.344 e. The molecule has 43 heavy (non-hydrogen) atoms. The van der Waals surface area contributed by atoms with Crippen molar-refractivity contribution >= 4 is 31.7 Å². The summed E-state index contributed by atoms with van der Waals surface area (Å²) in [6.07, 6.45) is 2.86. The molecule has 0 unspecified atom stereocenters. The van der Waals surface area contributed by atoms with Crippen LogP contribution in [-0.4, -0.2) is 74.8 Å². The van der Waals surface area contributed by atoms with Crippen LogP contribution in [0.2, 0.25) is 0 Å². The molecule has 4 amide bonds. The summed E-state index contributed by atoms with van der Waals surface area (Å²) in [6.45, 7) is 5.52. The highest BCUT2D eigenvalue weighted by molar-refractivity contribution is 7.51. The second kappa shape index (κ2) is 17.3. The number of amides is 4. The lowest BCUT2D eigenvalue weighted by atomic mass is 9.90. The van der Waals surface area contributed by atoms with Crippen LogP contribution in [-0.2, 0) is 14.2 Å². The van der Waals surface area contributed by atoms with Crippen molar-refractivity contribution in [3.8, 4) is 17.0 Å². The Kier molecular flexibility index (Phi) is 14.2. The summed E-state index contributed by atoms with van der Waals surface area (Å²) in [4.78, 5) is 71.9. The average molecular weight is 622 g/mol. The van der Waals surface area contributed by atoms with Gasteiger partial charge in [0.05, 0.1) is 36.5 Å². The van der Waals surface area contributed by atoms with E-state index in [1.807, 2.05) is 6.92 Å². The second-order valence-corrected chi connectivity index (χ2v) is 11.3. The van der Waals surface area contributed by atoms with Gasteiger partial charge in [0.15, 0.2) is 0 Å². The first-order valence-corrected chi connectivity index (χ1v) is 15.8. The highest BCUT2D eigenvalue weighted by Gasteiger charge is 2.30. The first-order valence-electron chi connectivity index (χ1n) is 14.0. The highest BCUT2D eigenvalue weighted by atomic mass is 31.2. The number of aromatic nitrogens is 1. The van der Waals surface area contributed by atoms with Gasteiger partial charge >= 0.3 is 7.60 Å². The summed E-state index contributed by atoms with van der Waals surface area (Å²) < 4.78 is 16.7. The molecule has 0 bridgehead atoms. The van der Waals surface area contributed by atoms with Crippen molar-refractivity contribution in [2.75, 3.05) is 19.6 Å². The Hall–Kier alpha value is -3.84. The van der Waals surface area contributed by atoms with Crippen LogP contribution in [0.15, 0.2) is 36.4 Å². The molecule has 0 aliphatic heterocycles. The van der Waals surface area contributed by atoms with Crippen LogP contribution in [0, 0.1) is 5.92 Å². The number of benzene rings is 1. The molecule has 1 heterocycles. The van der Waals surface area contributed by atoms with Crippen LogP contribution in [0.25, 0.3) is 11.3 Å². The molecule has 0 aliphatic carbocycles. The number of carbonyl (C=O) groups excluding carboxylic acids is 4. The molecule has 6 N–H and O–H groups in total. The Bertz CT molecular complexity index is 1300. The van der Waals surface area contributed by atoms with E-state index in [4.69, 9.17) is 14.5 Å². The molecule has 1 aromatic heterocycles. The molecule has 1 aromatic carbocycles. The molecule has 2 atom stereocenters. The monoisotopic (exact) mass is 621 g/mol. The molecule has 15 heteroatoms. The molecular weight excluding hydrogens is 581 g/mol. The Morgan fingerprint density at radius 1 is 1.05 bits per heavy atom. The van der Waals surface area contributed by atoms with E-state index in [0.29, 0.717) is 29.2 Å². The highest BCUT2D eigenvalue weighted by Crippen LogP contribution is 2.33. The number of nitrogens with zero attached hydrogens (tertiary/aromatic N) is 2. The Morgan fingerprint density at radius 2 is 1.79 bits per heavy atom. The first kappa shape index (κ1) is 35.4. The third-order valence-electron chi connectivity index (χ3n) is 6.55. The normalized spacial score (nSPS) is 12.5. The average Bonchev–Trinajstić information content (AvgIpc) is 2.99. The van der Waals surface area contributed by atoms with Crippen LogP contribution in [0.5, 0.6) is 5.75 Å². The zero-order valence-electron chi connectivity index (χ0n) is 24.5. The van der Waals surface area contributed by atoms with Crippen molar-refractivity contribution in [2.24, 2.45) is 5.92 Å². The first-order chi connectivity index (χ1) is 20.4. The summed E-state index contributed by atoms with van der Waals surface area (Å²) >= 11 is 0. The van der Waals surface area contributed by atoms with Gasteiger partial charge in [-0.2, -0.15) is 0 Å². The molecule has 2 aromatic rings. The quantitative estimate of drug-likeness (QED) is 0.0358. The minimum absolute atomic E-state index is 0.0570. The Labute approximate surface area is 250 Å². The third kappa shape index (κ3) is 11.1. The number of carbonyl (C=O) groups is 4. The number of nitrogens with one attached hydrogen (secondary N) is 3. The van der Waals surface area contributed by atoms with E-state index in [0.717, 1.165) is 19.3 Å². The molecule has 0 spiro atoms. The van der Waals surface area contributed by atoms with Gasteiger partial charge in [0.1, 0.15) is 17.7 Å². The predicted octanol–water partition coefficient (Wildman–Crippen LogP) is 2.64. The van der Waals surface area contributed by atoms with Crippen LogP contribution >= 0.6 is 7.60 Å². The Balaban J connectivity index is 2.13. The number of rotatable bonds is 18. The fraction of sp³-hybridized carbons (Fsp3) is 0.464. The van der Waals surface area contributed by atoms with Gasteiger partial charge in [0.25, 0.3) is 11.8 Å². The van der Waals surface area contributed by atoms with Gasteiger partial charge in [-0.25, -0.2) is 10.0 Å². The standard InChI is InChI=1S/C28H40N5O9P/c1-4-7-8-10-20(24(5-2)33(38)18-34)26(35)29-16-30-28(37)23-12-9-11-22(32-23)19-13-14-21(25(15-19)42-6-3)27(36)31-17-43(39,40)41/h9,11-15,18,20,24,38H,4-8,10,16-17H2,1-3H3,(H,29,35)(H,30,37)(H,31,36)(H2,39,40,41)/t20-,24-/m1/s1. The maximum absolute atomic E-state index is 13.0. The van der Waals surface area contributed by atoms with E-state index < -0.39 is 43.6 Å². The summed E-state index contributed by atoms with van der Waals surface area (Å²) in [5, 5.41) is 17.9. The lowest BCUT2D eigenvalue weighted by Gasteiger charge is -2.29. The van der Waals surface area contributed by atoms with Crippen LogP contribution < -0.4 is 20.7 Å². The number of unbranched alkanes of at least 4 members (excludes halogenated alkanes) is 2. The minimum Gasteiger partial charge on any atom is -0.493 e. The molecule has 0 radical (unpaired) electrons. The van der Waals surface area contributed by atoms with Crippen molar-refractivity contribution in [1.82, 2.24) is 26.0 Å². The van der Waals surface area contributed by atoms with Crippen LogP contribution in [0.3, 0.4) is 0 Å². The SMILES string of the molecule is CCCCC[C@@H](C(=O)NCNC(=O)c1cccc(-c2ccc(C(=O)NCP(=O)(O)O)c(OCC)c2)n1)[C@@H](CC)N(O)C=O. The zero-order chi connectivity index (χ0) is 32.0. The number of hydroxylamine groups is 2. The second-order valence-electron chi connectivity index (χ2n) is 9.67. The molecule has 14 nitrogen and oxygen atoms in total. The number of hydrogen-bond donors (Lipinski definition) is 6. The lowest BCUT2D eigenvalue weighted by molar-refractivity contribution is -0.168. The summed E-state index contributed by atoms with van der Waals surface area (Å²) in [7, 11) is -4.45. The fourth-order valence-electron chi connectivity index (χ4n) is 4.42. The molecule has 0 fully saturated rings. The summed E-state index contributed by atoms with van der Waals surface area (Å²) in [5.41, 5.74) is 1.03. The number of hydrogen-bond acceptors (Lipinski definition) is 8. The minimum atomic E-state index is -4.45. The topological polar surface area (TPSA) is 207 Å². The van der Waals surface area contributed by atoms with Crippen molar-refractivity contribution in [3.63, 3.8) is 0 Å². The van der Waals surface area contributed by atoms with Gasteiger partial charge in [-0.3, -0.25) is 29.0 Å². The Morgan fingerprint density at radius 3 is 2.42 bits per heavy atom.